The molecule has 2 aromatic rings. The van der Waals surface area contributed by atoms with Crippen molar-refractivity contribution < 1.29 is 22.7 Å². The minimum absolute atomic E-state index is 0.00758. The number of hydrogen-bond donors (Lipinski definition) is 1. The number of anilines is 2. The summed E-state index contributed by atoms with van der Waals surface area (Å²) in [4.78, 5) is 14.8. The zero-order chi connectivity index (χ0) is 22.6. The van der Waals surface area contributed by atoms with Gasteiger partial charge < -0.3 is 14.4 Å². The molecule has 0 aliphatic carbocycles. The lowest BCUT2D eigenvalue weighted by Gasteiger charge is -2.27. The van der Waals surface area contributed by atoms with Gasteiger partial charge in [-0.3, -0.25) is 9.52 Å². The molecular formula is C23H30N2O5S. The third kappa shape index (κ3) is 5.12. The van der Waals surface area contributed by atoms with Crippen LogP contribution in [0.2, 0.25) is 0 Å². The highest BCUT2D eigenvalue weighted by Gasteiger charge is 2.37. The van der Waals surface area contributed by atoms with Crippen molar-refractivity contribution >= 4 is 27.3 Å². The van der Waals surface area contributed by atoms with E-state index in [4.69, 9.17) is 9.47 Å². The first-order valence-corrected chi connectivity index (χ1v) is 12.0. The van der Waals surface area contributed by atoms with Crippen molar-refractivity contribution in [3.63, 3.8) is 0 Å². The molecule has 1 aliphatic heterocycles. The van der Waals surface area contributed by atoms with Crippen LogP contribution in [-0.4, -0.2) is 34.1 Å². The molecule has 0 spiro atoms. The number of carbonyl (C=O) groups excluding carboxylic acids is 1. The van der Waals surface area contributed by atoms with Crippen LogP contribution in [0.25, 0.3) is 0 Å². The quantitative estimate of drug-likeness (QED) is 0.648. The fraction of sp³-hybridized carbons (Fsp3) is 0.435. The predicted molar refractivity (Wildman–Crippen MR) is 121 cm³/mol. The molecule has 1 heterocycles. The van der Waals surface area contributed by atoms with Crippen LogP contribution in [0.15, 0.2) is 47.4 Å². The van der Waals surface area contributed by atoms with Crippen molar-refractivity contribution in [3.05, 3.63) is 42.5 Å². The summed E-state index contributed by atoms with van der Waals surface area (Å²) in [5.74, 6) is 1.10. The van der Waals surface area contributed by atoms with Crippen LogP contribution in [0.4, 0.5) is 11.4 Å². The number of nitrogens with one attached hydrogen (secondary N) is 1. The lowest BCUT2D eigenvalue weighted by atomic mass is 9.93. The van der Waals surface area contributed by atoms with Gasteiger partial charge in [0, 0.05) is 12.6 Å². The van der Waals surface area contributed by atoms with Crippen molar-refractivity contribution in [2.45, 2.75) is 45.4 Å². The van der Waals surface area contributed by atoms with E-state index in [9.17, 15) is 13.2 Å². The molecule has 1 aliphatic rings. The maximum absolute atomic E-state index is 12.9. The van der Waals surface area contributed by atoms with Crippen molar-refractivity contribution in [1.29, 1.82) is 0 Å². The SMILES string of the molecule is CCCOc1ccc(S(=O)(=O)Nc2ccc3c(c2)OCC(C)(C)C(=O)N3CCC)cc1. The number of fused-ring (bicyclic) bond motifs is 1. The minimum atomic E-state index is -3.79. The molecule has 0 atom stereocenters. The largest absolute Gasteiger partial charge is 0.494 e. The Morgan fingerprint density at radius 1 is 1.10 bits per heavy atom. The molecule has 0 radical (unpaired) electrons. The van der Waals surface area contributed by atoms with Gasteiger partial charge in [-0.2, -0.15) is 0 Å². The summed E-state index contributed by atoms with van der Waals surface area (Å²) in [6.07, 6.45) is 1.67. The Kier molecular flexibility index (Phi) is 6.79. The highest BCUT2D eigenvalue weighted by atomic mass is 32.2. The Labute approximate surface area is 184 Å². The van der Waals surface area contributed by atoms with Crippen LogP contribution in [0.1, 0.15) is 40.5 Å². The van der Waals surface area contributed by atoms with Gasteiger partial charge >= 0.3 is 0 Å². The fourth-order valence-corrected chi connectivity index (χ4v) is 4.35. The van der Waals surface area contributed by atoms with E-state index in [1.54, 1.807) is 35.2 Å². The van der Waals surface area contributed by atoms with Crippen molar-refractivity contribution in [3.8, 4) is 11.5 Å². The van der Waals surface area contributed by atoms with Crippen molar-refractivity contribution in [1.82, 2.24) is 0 Å². The van der Waals surface area contributed by atoms with Crippen LogP contribution >= 0.6 is 0 Å². The van der Waals surface area contributed by atoms with Gasteiger partial charge in [0.2, 0.25) is 5.91 Å². The van der Waals surface area contributed by atoms with Gasteiger partial charge in [-0.1, -0.05) is 13.8 Å². The summed E-state index contributed by atoms with van der Waals surface area (Å²) < 4.78 is 39.7. The van der Waals surface area contributed by atoms with Gasteiger partial charge in [0.15, 0.2) is 0 Å². The van der Waals surface area contributed by atoms with Crippen LogP contribution < -0.4 is 19.1 Å². The number of benzene rings is 2. The van der Waals surface area contributed by atoms with Crippen molar-refractivity contribution in [2.24, 2.45) is 5.41 Å². The molecule has 3 rings (SSSR count). The van der Waals surface area contributed by atoms with E-state index in [0.29, 0.717) is 36.0 Å². The summed E-state index contributed by atoms with van der Waals surface area (Å²) in [6.45, 7) is 9.07. The average molecular weight is 447 g/mol. The van der Waals surface area contributed by atoms with Gasteiger partial charge in [-0.05, 0) is 63.1 Å². The molecule has 7 nitrogen and oxygen atoms in total. The Bertz CT molecular complexity index is 1030. The first kappa shape index (κ1) is 22.9. The highest BCUT2D eigenvalue weighted by Crippen LogP contribution is 2.38. The topological polar surface area (TPSA) is 84.9 Å². The number of carbonyl (C=O) groups is 1. The van der Waals surface area contributed by atoms with E-state index in [-0.39, 0.29) is 17.4 Å². The van der Waals surface area contributed by atoms with Crippen molar-refractivity contribution in [2.75, 3.05) is 29.4 Å². The van der Waals surface area contributed by atoms with E-state index < -0.39 is 15.4 Å². The number of rotatable bonds is 8. The molecule has 2 aromatic carbocycles. The molecule has 168 valence electrons. The molecular weight excluding hydrogens is 416 g/mol. The summed E-state index contributed by atoms with van der Waals surface area (Å²) in [5.41, 5.74) is 0.349. The van der Waals surface area contributed by atoms with Crippen LogP contribution in [-0.2, 0) is 14.8 Å². The fourth-order valence-electron chi connectivity index (χ4n) is 3.31. The number of hydrogen-bond acceptors (Lipinski definition) is 5. The average Bonchev–Trinajstić information content (AvgIpc) is 2.82. The molecule has 8 heteroatoms. The second-order valence-electron chi connectivity index (χ2n) is 8.24. The predicted octanol–water partition coefficient (Wildman–Crippen LogP) is 4.44. The smallest absolute Gasteiger partial charge is 0.261 e. The molecule has 0 fully saturated rings. The highest BCUT2D eigenvalue weighted by molar-refractivity contribution is 7.92. The molecule has 0 saturated carbocycles. The third-order valence-corrected chi connectivity index (χ3v) is 6.37. The lowest BCUT2D eigenvalue weighted by Crippen LogP contribution is -2.42. The monoisotopic (exact) mass is 446 g/mol. The Morgan fingerprint density at radius 2 is 1.81 bits per heavy atom. The molecule has 31 heavy (non-hydrogen) atoms. The third-order valence-electron chi connectivity index (χ3n) is 4.97. The maximum Gasteiger partial charge on any atom is 0.261 e. The zero-order valence-corrected chi connectivity index (χ0v) is 19.3. The normalized spacial score (nSPS) is 15.6. The lowest BCUT2D eigenvalue weighted by molar-refractivity contribution is -0.127. The summed E-state index contributed by atoms with van der Waals surface area (Å²) in [5, 5.41) is 0. The number of ether oxygens (including phenoxy) is 2. The van der Waals surface area contributed by atoms with E-state index in [2.05, 4.69) is 4.72 Å². The van der Waals surface area contributed by atoms with Gasteiger partial charge in [0.1, 0.15) is 18.1 Å². The van der Waals surface area contributed by atoms with E-state index in [1.807, 2.05) is 27.7 Å². The Balaban J connectivity index is 1.85. The van der Waals surface area contributed by atoms with Crippen LogP contribution in [0.3, 0.4) is 0 Å². The molecule has 0 bridgehead atoms. The van der Waals surface area contributed by atoms with Gasteiger partial charge in [-0.25, -0.2) is 8.42 Å². The van der Waals surface area contributed by atoms with Gasteiger partial charge in [0.25, 0.3) is 10.0 Å². The molecule has 0 unspecified atom stereocenters. The van der Waals surface area contributed by atoms with Gasteiger partial charge in [0.05, 0.1) is 28.3 Å². The summed E-state index contributed by atoms with van der Waals surface area (Å²) in [6, 6.07) is 11.3. The molecule has 1 amide bonds. The van der Waals surface area contributed by atoms with Gasteiger partial charge in [-0.15, -0.1) is 0 Å². The summed E-state index contributed by atoms with van der Waals surface area (Å²) in [7, 11) is -3.79. The second kappa shape index (κ2) is 9.18. The van der Waals surface area contributed by atoms with E-state index in [1.165, 1.54) is 12.1 Å². The minimum Gasteiger partial charge on any atom is -0.494 e. The van der Waals surface area contributed by atoms with E-state index in [0.717, 1.165) is 12.8 Å². The molecule has 0 saturated heterocycles. The summed E-state index contributed by atoms with van der Waals surface area (Å²) >= 11 is 0. The second-order valence-corrected chi connectivity index (χ2v) is 9.92. The Hall–Kier alpha value is -2.74. The molecule has 0 aromatic heterocycles. The first-order valence-electron chi connectivity index (χ1n) is 10.5. The van der Waals surface area contributed by atoms with Crippen LogP contribution in [0, 0.1) is 5.41 Å². The zero-order valence-electron chi connectivity index (χ0n) is 18.5. The number of nitrogens with zero attached hydrogens (tertiary/aromatic N) is 1. The Morgan fingerprint density at radius 3 is 2.45 bits per heavy atom. The maximum atomic E-state index is 12.9. The van der Waals surface area contributed by atoms with E-state index >= 15 is 0 Å². The standard InChI is InChI=1S/C23H30N2O5S/c1-5-13-25-20-12-7-17(15-21(20)30-16-23(3,4)22(25)26)24-31(27,28)19-10-8-18(9-11-19)29-14-6-2/h7-12,15,24H,5-6,13-14,16H2,1-4H3. The number of sulfonamides is 1. The first-order chi connectivity index (χ1) is 14.7. The molecule has 1 N–H and O–H groups in total. The van der Waals surface area contributed by atoms with Crippen LogP contribution in [0.5, 0.6) is 11.5 Å². The number of amides is 1.